The maximum Gasteiger partial charge on any atom is 0.319 e. The van der Waals surface area contributed by atoms with Crippen LogP contribution in [0.5, 0.6) is 0 Å². The third kappa shape index (κ3) is 5.55. The van der Waals surface area contributed by atoms with Gasteiger partial charge < -0.3 is 16.0 Å². The highest BCUT2D eigenvalue weighted by Crippen LogP contribution is 2.15. The Morgan fingerprint density at radius 2 is 1.41 bits per heavy atom. The van der Waals surface area contributed by atoms with E-state index >= 15 is 0 Å². The minimum atomic E-state index is -0.329. The molecule has 0 unspecified atom stereocenters. The fourth-order valence-electron chi connectivity index (χ4n) is 2.30. The highest BCUT2D eigenvalue weighted by molar-refractivity contribution is 6.30. The molecule has 2 aromatic carbocycles. The Morgan fingerprint density at radius 1 is 0.815 bits per heavy atom. The molecule has 1 heterocycles. The summed E-state index contributed by atoms with van der Waals surface area (Å²) in [5.41, 5.74) is 2.68. The van der Waals surface area contributed by atoms with E-state index in [0.717, 1.165) is 5.56 Å². The summed E-state index contributed by atoms with van der Waals surface area (Å²) in [5.74, 6) is -0.244. The van der Waals surface area contributed by atoms with Gasteiger partial charge in [0.15, 0.2) is 0 Å². The Hall–Kier alpha value is -3.38. The fraction of sp³-hybridized carbons (Fsp3) is 0.0500. The van der Waals surface area contributed by atoms with Crippen molar-refractivity contribution in [3.05, 3.63) is 89.2 Å². The van der Waals surface area contributed by atoms with Gasteiger partial charge in [-0.2, -0.15) is 0 Å². The zero-order chi connectivity index (χ0) is 19.1. The van der Waals surface area contributed by atoms with E-state index in [4.69, 9.17) is 11.6 Å². The Balaban J connectivity index is 1.52. The van der Waals surface area contributed by atoms with Gasteiger partial charge >= 0.3 is 6.03 Å². The van der Waals surface area contributed by atoms with Crippen LogP contribution >= 0.6 is 11.6 Å². The van der Waals surface area contributed by atoms with Gasteiger partial charge in [-0.1, -0.05) is 11.6 Å². The average molecular weight is 381 g/mol. The average Bonchev–Trinajstić information content (AvgIpc) is 2.69. The molecule has 0 atom stereocenters. The van der Waals surface area contributed by atoms with E-state index in [1.54, 1.807) is 60.9 Å². The van der Waals surface area contributed by atoms with Crippen molar-refractivity contribution in [2.24, 2.45) is 0 Å². The van der Waals surface area contributed by atoms with Crippen LogP contribution in [-0.2, 0) is 6.54 Å². The zero-order valence-electron chi connectivity index (χ0n) is 14.3. The highest BCUT2D eigenvalue weighted by atomic mass is 35.5. The second-order valence-corrected chi connectivity index (χ2v) is 6.14. The summed E-state index contributed by atoms with van der Waals surface area (Å²) in [6.45, 7) is 0.399. The molecule has 27 heavy (non-hydrogen) atoms. The minimum Gasteiger partial charge on any atom is -0.334 e. The number of nitrogens with one attached hydrogen (secondary N) is 3. The number of anilines is 2. The van der Waals surface area contributed by atoms with Crippen LogP contribution in [0, 0.1) is 0 Å². The van der Waals surface area contributed by atoms with Crippen LogP contribution < -0.4 is 16.0 Å². The van der Waals surface area contributed by atoms with Crippen molar-refractivity contribution in [2.75, 3.05) is 10.6 Å². The summed E-state index contributed by atoms with van der Waals surface area (Å²) >= 11 is 5.83. The van der Waals surface area contributed by atoms with Crippen LogP contribution in [0.2, 0.25) is 5.02 Å². The van der Waals surface area contributed by atoms with Gasteiger partial charge in [0.25, 0.3) is 5.91 Å². The van der Waals surface area contributed by atoms with E-state index in [2.05, 4.69) is 20.9 Å². The number of carbonyl (C=O) groups excluding carboxylic acids is 2. The van der Waals surface area contributed by atoms with E-state index in [0.29, 0.717) is 28.5 Å². The molecule has 0 saturated heterocycles. The minimum absolute atomic E-state index is 0.244. The number of benzene rings is 2. The second-order valence-electron chi connectivity index (χ2n) is 5.70. The quantitative estimate of drug-likeness (QED) is 0.616. The van der Waals surface area contributed by atoms with Crippen LogP contribution in [0.25, 0.3) is 0 Å². The molecule has 3 amide bonds. The first-order valence-corrected chi connectivity index (χ1v) is 8.59. The van der Waals surface area contributed by atoms with Gasteiger partial charge in [0, 0.05) is 40.9 Å². The first-order chi connectivity index (χ1) is 13.1. The molecule has 3 rings (SSSR count). The van der Waals surface area contributed by atoms with Gasteiger partial charge in [0.2, 0.25) is 0 Å². The Labute approximate surface area is 161 Å². The predicted octanol–water partition coefficient (Wildman–Crippen LogP) is 4.31. The van der Waals surface area contributed by atoms with Crippen molar-refractivity contribution < 1.29 is 9.59 Å². The highest BCUT2D eigenvalue weighted by Gasteiger charge is 2.07. The third-order valence-electron chi connectivity index (χ3n) is 3.71. The van der Waals surface area contributed by atoms with Gasteiger partial charge in [-0.3, -0.25) is 9.78 Å². The molecule has 0 aliphatic rings. The first kappa shape index (κ1) is 18.4. The van der Waals surface area contributed by atoms with E-state index < -0.39 is 0 Å². The summed E-state index contributed by atoms with van der Waals surface area (Å²) in [6.07, 6.45) is 3.34. The van der Waals surface area contributed by atoms with Gasteiger partial charge in [-0.25, -0.2) is 4.79 Å². The van der Waals surface area contributed by atoms with Gasteiger partial charge in [0.1, 0.15) is 0 Å². The summed E-state index contributed by atoms with van der Waals surface area (Å²) in [4.78, 5) is 28.1. The summed E-state index contributed by atoms with van der Waals surface area (Å²) < 4.78 is 0. The molecular weight excluding hydrogens is 364 g/mol. The lowest BCUT2D eigenvalue weighted by atomic mass is 10.2. The molecule has 0 fully saturated rings. The van der Waals surface area contributed by atoms with Gasteiger partial charge in [-0.15, -0.1) is 0 Å². The van der Waals surface area contributed by atoms with Crippen LogP contribution in [0.15, 0.2) is 73.1 Å². The number of nitrogens with zero attached hydrogens (tertiary/aromatic N) is 1. The summed E-state index contributed by atoms with van der Waals surface area (Å²) in [7, 11) is 0. The number of amides is 3. The van der Waals surface area contributed by atoms with E-state index in [9.17, 15) is 9.59 Å². The molecule has 1 aromatic heterocycles. The van der Waals surface area contributed by atoms with E-state index in [1.807, 2.05) is 12.1 Å². The molecule has 0 radical (unpaired) electrons. The molecule has 0 bridgehead atoms. The van der Waals surface area contributed by atoms with Crippen LogP contribution in [0.4, 0.5) is 16.2 Å². The lowest BCUT2D eigenvalue weighted by Crippen LogP contribution is -2.28. The molecule has 3 aromatic rings. The monoisotopic (exact) mass is 380 g/mol. The number of hydrogen-bond acceptors (Lipinski definition) is 3. The Kier molecular flexibility index (Phi) is 6.02. The van der Waals surface area contributed by atoms with Crippen molar-refractivity contribution in [1.82, 2.24) is 10.3 Å². The predicted molar refractivity (Wildman–Crippen MR) is 106 cm³/mol. The number of halogens is 1. The van der Waals surface area contributed by atoms with Crippen molar-refractivity contribution >= 4 is 34.9 Å². The number of aromatic nitrogens is 1. The third-order valence-corrected chi connectivity index (χ3v) is 3.96. The topological polar surface area (TPSA) is 83.1 Å². The first-order valence-electron chi connectivity index (χ1n) is 8.21. The van der Waals surface area contributed by atoms with Crippen LogP contribution in [0.3, 0.4) is 0 Å². The second kappa shape index (κ2) is 8.82. The SMILES string of the molecule is O=C(NCc1ccncc1)Nc1ccc(C(=O)Nc2ccc(Cl)cc2)cc1. The maximum absolute atomic E-state index is 12.2. The number of carbonyl (C=O) groups is 2. The smallest absolute Gasteiger partial charge is 0.319 e. The van der Waals surface area contributed by atoms with E-state index in [-0.39, 0.29) is 11.9 Å². The normalized spacial score (nSPS) is 10.1. The summed E-state index contributed by atoms with van der Waals surface area (Å²) in [5, 5.41) is 8.86. The van der Waals surface area contributed by atoms with E-state index in [1.165, 1.54) is 0 Å². The zero-order valence-corrected chi connectivity index (χ0v) is 15.0. The van der Waals surface area contributed by atoms with Crippen molar-refractivity contribution in [3.63, 3.8) is 0 Å². The molecule has 6 nitrogen and oxygen atoms in total. The lowest BCUT2D eigenvalue weighted by Gasteiger charge is -2.09. The number of pyridine rings is 1. The molecule has 3 N–H and O–H groups in total. The molecule has 7 heteroatoms. The molecule has 0 aliphatic heterocycles. The molecule has 0 spiro atoms. The number of urea groups is 1. The van der Waals surface area contributed by atoms with Crippen molar-refractivity contribution in [1.29, 1.82) is 0 Å². The number of hydrogen-bond donors (Lipinski definition) is 3. The molecule has 136 valence electrons. The Bertz CT molecular complexity index is 913. The largest absolute Gasteiger partial charge is 0.334 e. The Morgan fingerprint density at radius 3 is 2.07 bits per heavy atom. The van der Waals surface area contributed by atoms with Gasteiger partial charge in [0.05, 0.1) is 0 Å². The van der Waals surface area contributed by atoms with Gasteiger partial charge in [-0.05, 0) is 66.2 Å². The maximum atomic E-state index is 12.2. The van der Waals surface area contributed by atoms with Crippen LogP contribution in [-0.4, -0.2) is 16.9 Å². The number of rotatable bonds is 5. The fourth-order valence-corrected chi connectivity index (χ4v) is 2.43. The summed E-state index contributed by atoms with van der Waals surface area (Å²) in [6, 6.07) is 16.8. The van der Waals surface area contributed by atoms with Crippen LogP contribution in [0.1, 0.15) is 15.9 Å². The molecule has 0 saturated carbocycles. The lowest BCUT2D eigenvalue weighted by molar-refractivity contribution is 0.102. The van der Waals surface area contributed by atoms with Crippen molar-refractivity contribution in [2.45, 2.75) is 6.54 Å². The van der Waals surface area contributed by atoms with Crippen molar-refractivity contribution in [3.8, 4) is 0 Å². The molecule has 0 aliphatic carbocycles. The molecular formula is C20H17ClN4O2. The standard InChI is InChI=1S/C20H17ClN4O2/c21-16-3-7-17(8-4-16)24-19(26)15-1-5-18(6-2-15)25-20(27)23-13-14-9-11-22-12-10-14/h1-12H,13H2,(H,24,26)(H2,23,25,27).